The van der Waals surface area contributed by atoms with Crippen LogP contribution in [0.25, 0.3) is 11.1 Å². The highest BCUT2D eigenvalue weighted by Crippen LogP contribution is 2.18. The first-order valence-electron chi connectivity index (χ1n) is 6.84. The molecule has 0 unspecified atom stereocenters. The molecule has 0 aliphatic heterocycles. The van der Waals surface area contributed by atoms with Crippen molar-refractivity contribution >= 4 is 12.8 Å². The molecule has 0 aromatic heterocycles. The minimum absolute atomic E-state index is 0.222. The van der Waals surface area contributed by atoms with Gasteiger partial charge in [-0.3, -0.25) is 4.79 Å². The van der Waals surface area contributed by atoms with Gasteiger partial charge in [-0.2, -0.15) is 0 Å². The molecule has 2 rings (SSSR count). The molecule has 4 nitrogen and oxygen atoms in total. The molecule has 0 aliphatic carbocycles. The van der Waals surface area contributed by atoms with Crippen LogP contribution in [0.4, 0.5) is 0 Å². The van der Waals surface area contributed by atoms with Gasteiger partial charge in [0.15, 0.2) is 0 Å². The standard InChI is InChI=1S/C13H12.C3H6O2.CH5N.CH2O/c1-11-7-9-13(10-8-11)12-5-3-2-4-6-12;1-2-3(4)5;2*1-2/h2-10H,1H3;2H2,1H3,(H,4,5);2H2,1H3;1H2. The van der Waals surface area contributed by atoms with Gasteiger partial charge in [-0.05, 0) is 25.1 Å². The lowest BCUT2D eigenvalue weighted by molar-refractivity contribution is -0.136. The van der Waals surface area contributed by atoms with E-state index in [0.29, 0.717) is 0 Å². The Morgan fingerprint density at radius 3 is 1.68 bits per heavy atom. The number of carbonyl (C=O) groups excluding carboxylic acids is 1. The second-order valence-corrected chi connectivity index (χ2v) is 3.98. The molecule has 0 aliphatic rings. The summed E-state index contributed by atoms with van der Waals surface area (Å²) >= 11 is 0. The van der Waals surface area contributed by atoms with Gasteiger partial charge in [-0.1, -0.05) is 67.1 Å². The van der Waals surface area contributed by atoms with Crippen molar-refractivity contribution in [1.82, 2.24) is 0 Å². The Balaban J connectivity index is 0. The summed E-state index contributed by atoms with van der Waals surface area (Å²) < 4.78 is 0. The fraction of sp³-hybridized carbons (Fsp3) is 0.222. The molecule has 0 saturated heterocycles. The van der Waals surface area contributed by atoms with Crippen LogP contribution < -0.4 is 5.73 Å². The van der Waals surface area contributed by atoms with E-state index in [1.165, 1.54) is 23.7 Å². The third kappa shape index (κ3) is 10.3. The summed E-state index contributed by atoms with van der Waals surface area (Å²) in [5, 5.41) is 7.72. The normalized spacial score (nSPS) is 8.00. The van der Waals surface area contributed by atoms with Crippen LogP contribution >= 0.6 is 0 Å². The maximum atomic E-state index is 9.37. The van der Waals surface area contributed by atoms with Crippen LogP contribution in [0.1, 0.15) is 18.9 Å². The van der Waals surface area contributed by atoms with Gasteiger partial charge in [0.2, 0.25) is 0 Å². The van der Waals surface area contributed by atoms with Crippen LogP contribution in [0.15, 0.2) is 54.6 Å². The van der Waals surface area contributed by atoms with Crippen molar-refractivity contribution in [3.63, 3.8) is 0 Å². The van der Waals surface area contributed by atoms with E-state index in [1.54, 1.807) is 6.92 Å². The van der Waals surface area contributed by atoms with E-state index in [-0.39, 0.29) is 6.42 Å². The first-order valence-corrected chi connectivity index (χ1v) is 6.84. The van der Waals surface area contributed by atoms with Gasteiger partial charge in [0.25, 0.3) is 0 Å². The topological polar surface area (TPSA) is 80.4 Å². The maximum absolute atomic E-state index is 9.37. The number of aryl methyl sites for hydroxylation is 1. The van der Waals surface area contributed by atoms with Crippen LogP contribution in [0.3, 0.4) is 0 Å². The average molecular weight is 303 g/mol. The number of hydrogen-bond acceptors (Lipinski definition) is 3. The first kappa shape index (κ1) is 21.8. The Morgan fingerprint density at radius 1 is 0.955 bits per heavy atom. The third-order valence-corrected chi connectivity index (χ3v) is 2.46. The Morgan fingerprint density at radius 2 is 1.32 bits per heavy atom. The fourth-order valence-corrected chi connectivity index (χ4v) is 1.38. The summed E-state index contributed by atoms with van der Waals surface area (Å²) in [5.41, 5.74) is 8.37. The van der Waals surface area contributed by atoms with Crippen LogP contribution in [0, 0.1) is 6.92 Å². The van der Waals surface area contributed by atoms with E-state index in [4.69, 9.17) is 9.90 Å². The molecule has 0 fully saturated rings. The Kier molecular flexibility index (Phi) is 14.8. The molecule has 0 saturated carbocycles. The summed E-state index contributed by atoms with van der Waals surface area (Å²) in [5.74, 6) is -0.745. The largest absolute Gasteiger partial charge is 0.481 e. The minimum atomic E-state index is -0.745. The van der Waals surface area contributed by atoms with E-state index < -0.39 is 5.97 Å². The molecule has 22 heavy (non-hydrogen) atoms. The molecule has 2 aromatic rings. The molecule has 4 heteroatoms. The molecule has 0 spiro atoms. The van der Waals surface area contributed by atoms with Gasteiger partial charge in [0.05, 0.1) is 0 Å². The van der Waals surface area contributed by atoms with Crippen LogP contribution in [-0.4, -0.2) is 24.9 Å². The molecule has 0 bridgehead atoms. The van der Waals surface area contributed by atoms with Crippen LogP contribution in [0.2, 0.25) is 0 Å². The predicted octanol–water partition coefficient (Wildman–Crippen LogP) is 3.53. The number of carbonyl (C=O) groups is 2. The van der Waals surface area contributed by atoms with Crippen molar-refractivity contribution in [2.75, 3.05) is 7.05 Å². The number of benzene rings is 2. The molecule has 0 atom stereocenters. The lowest BCUT2D eigenvalue weighted by atomic mass is 10.0. The van der Waals surface area contributed by atoms with Crippen molar-refractivity contribution in [3.8, 4) is 11.1 Å². The summed E-state index contributed by atoms with van der Waals surface area (Å²) in [6.07, 6.45) is 0.222. The van der Waals surface area contributed by atoms with E-state index in [2.05, 4.69) is 61.2 Å². The van der Waals surface area contributed by atoms with E-state index >= 15 is 0 Å². The molecule has 3 N–H and O–H groups in total. The molecular formula is C18H25NO3. The Hall–Kier alpha value is -2.46. The predicted molar refractivity (Wildman–Crippen MR) is 91.8 cm³/mol. The highest BCUT2D eigenvalue weighted by atomic mass is 16.4. The molecule has 0 radical (unpaired) electrons. The number of aliphatic carboxylic acids is 1. The Labute approximate surface area is 132 Å². The smallest absolute Gasteiger partial charge is 0.303 e. The highest BCUT2D eigenvalue weighted by Gasteiger charge is 1.93. The number of rotatable bonds is 2. The SMILES string of the molecule is C=O.CCC(=O)O.CN.Cc1ccc(-c2ccccc2)cc1. The minimum Gasteiger partial charge on any atom is -0.481 e. The van der Waals surface area contributed by atoms with Gasteiger partial charge in [-0.15, -0.1) is 0 Å². The zero-order valence-electron chi connectivity index (χ0n) is 13.5. The summed E-state index contributed by atoms with van der Waals surface area (Å²) in [6.45, 7) is 5.71. The number of nitrogens with two attached hydrogens (primary N) is 1. The van der Waals surface area contributed by atoms with Crippen LogP contribution in [0.5, 0.6) is 0 Å². The number of carboxylic acid groups (broad SMARTS) is 1. The highest BCUT2D eigenvalue weighted by molar-refractivity contribution is 5.66. The third-order valence-electron chi connectivity index (χ3n) is 2.46. The quantitative estimate of drug-likeness (QED) is 0.889. The monoisotopic (exact) mass is 303 g/mol. The summed E-state index contributed by atoms with van der Waals surface area (Å²) in [7, 11) is 1.50. The van der Waals surface area contributed by atoms with Gasteiger partial charge in [-0.25, -0.2) is 0 Å². The molecule has 0 heterocycles. The van der Waals surface area contributed by atoms with E-state index in [0.717, 1.165) is 0 Å². The second kappa shape index (κ2) is 14.9. The van der Waals surface area contributed by atoms with E-state index in [9.17, 15) is 4.79 Å². The molecule has 2 aromatic carbocycles. The van der Waals surface area contributed by atoms with Crippen molar-refractivity contribution < 1.29 is 14.7 Å². The van der Waals surface area contributed by atoms with Crippen molar-refractivity contribution in [2.45, 2.75) is 20.3 Å². The molecule has 0 amide bonds. The van der Waals surface area contributed by atoms with Gasteiger partial charge in [0, 0.05) is 6.42 Å². The van der Waals surface area contributed by atoms with Crippen LogP contribution in [-0.2, 0) is 9.59 Å². The zero-order chi connectivity index (χ0) is 17.4. The van der Waals surface area contributed by atoms with Gasteiger partial charge in [0.1, 0.15) is 6.79 Å². The maximum Gasteiger partial charge on any atom is 0.303 e. The van der Waals surface area contributed by atoms with Crippen molar-refractivity contribution in [1.29, 1.82) is 0 Å². The van der Waals surface area contributed by atoms with Crippen molar-refractivity contribution in [3.05, 3.63) is 60.2 Å². The second-order valence-electron chi connectivity index (χ2n) is 3.98. The lowest BCUT2D eigenvalue weighted by Crippen LogP contribution is -1.86. The van der Waals surface area contributed by atoms with Crippen molar-refractivity contribution in [2.24, 2.45) is 5.73 Å². The van der Waals surface area contributed by atoms with E-state index in [1.807, 2.05) is 12.9 Å². The van der Waals surface area contributed by atoms with Gasteiger partial charge >= 0.3 is 5.97 Å². The zero-order valence-corrected chi connectivity index (χ0v) is 13.5. The lowest BCUT2D eigenvalue weighted by Gasteiger charge is -2.00. The Bertz CT molecular complexity index is 496. The number of carboxylic acids is 1. The molecule has 120 valence electrons. The van der Waals surface area contributed by atoms with Gasteiger partial charge < -0.3 is 15.6 Å². The average Bonchev–Trinajstić information content (AvgIpc) is 2.60. The molecular weight excluding hydrogens is 278 g/mol. The summed E-state index contributed by atoms with van der Waals surface area (Å²) in [4.78, 5) is 17.4. The first-order chi connectivity index (χ1) is 10.6. The number of hydrogen-bond donors (Lipinski definition) is 2. The summed E-state index contributed by atoms with van der Waals surface area (Å²) in [6, 6.07) is 19.0. The fourth-order valence-electron chi connectivity index (χ4n) is 1.38.